The first kappa shape index (κ1) is 31.4. The molecule has 0 aromatic carbocycles. The topological polar surface area (TPSA) is 9.23 Å². The number of hydrogen-bond donors (Lipinski definition) is 0. The van der Waals surface area contributed by atoms with Gasteiger partial charge in [-0.05, 0) is 113 Å². The molecule has 2 unspecified atom stereocenters. The van der Waals surface area contributed by atoms with E-state index in [4.69, 9.17) is 4.74 Å². The van der Waals surface area contributed by atoms with Crippen LogP contribution in [0.15, 0.2) is 23.3 Å². The molecule has 2 atom stereocenters. The van der Waals surface area contributed by atoms with E-state index in [9.17, 15) is 0 Å². The first-order chi connectivity index (χ1) is 19.2. The van der Waals surface area contributed by atoms with Gasteiger partial charge in [0.15, 0.2) is 0 Å². The van der Waals surface area contributed by atoms with E-state index in [0.29, 0.717) is 0 Å². The lowest BCUT2D eigenvalue weighted by Gasteiger charge is -2.29. The Morgan fingerprint density at radius 2 is 0.897 bits per heavy atom. The smallest absolute Gasteiger partial charge is 0.0469 e. The van der Waals surface area contributed by atoms with Crippen molar-refractivity contribution in [1.82, 2.24) is 0 Å². The van der Waals surface area contributed by atoms with E-state index in [1.165, 1.54) is 154 Å². The van der Waals surface area contributed by atoms with Crippen molar-refractivity contribution in [3.8, 4) is 0 Å². The molecule has 0 aliphatic heterocycles. The zero-order valence-corrected chi connectivity index (χ0v) is 26.4. The van der Waals surface area contributed by atoms with E-state index < -0.39 is 0 Å². The van der Waals surface area contributed by atoms with Crippen molar-refractivity contribution in [2.24, 2.45) is 35.5 Å². The monoisotopic (exact) mass is 539 g/mol. The number of allylic oxidation sites excluding steroid dienone is 4. The maximum atomic E-state index is 6.05. The predicted octanol–water partition coefficient (Wildman–Crippen LogP) is 12.0. The summed E-state index contributed by atoms with van der Waals surface area (Å²) in [6.45, 7) is 6.68. The molecule has 1 nitrogen and oxygen atoms in total. The highest BCUT2D eigenvalue weighted by Gasteiger charge is 2.23. The molecule has 224 valence electrons. The molecule has 1 heteroatoms. The van der Waals surface area contributed by atoms with Crippen LogP contribution in [0.25, 0.3) is 0 Å². The summed E-state index contributed by atoms with van der Waals surface area (Å²) >= 11 is 0. The van der Waals surface area contributed by atoms with Crippen LogP contribution < -0.4 is 0 Å². The Kier molecular flexibility index (Phi) is 14.5. The molecule has 2 fully saturated rings. The number of hydrogen-bond acceptors (Lipinski definition) is 1. The molecule has 0 bridgehead atoms. The number of rotatable bonds is 16. The lowest BCUT2D eigenvalue weighted by Crippen LogP contribution is -2.15. The molecule has 0 radical (unpaired) electrons. The van der Waals surface area contributed by atoms with Crippen LogP contribution in [0.4, 0.5) is 0 Å². The van der Waals surface area contributed by atoms with Crippen molar-refractivity contribution in [2.75, 3.05) is 13.2 Å². The van der Waals surface area contributed by atoms with Crippen molar-refractivity contribution >= 4 is 0 Å². The van der Waals surface area contributed by atoms with E-state index >= 15 is 0 Å². The SMILES string of the molecule is CCC1CCC(CCC2CC=C(CCCOCCCC3=CCC(CCC4CCC(CC)CC4)CC3)CC2)CC1. The molecule has 0 aromatic heterocycles. The maximum absolute atomic E-state index is 6.05. The maximum Gasteiger partial charge on any atom is 0.0469 e. The predicted molar refractivity (Wildman–Crippen MR) is 170 cm³/mol. The summed E-state index contributed by atoms with van der Waals surface area (Å²) in [5.74, 6) is 6.13. The van der Waals surface area contributed by atoms with Gasteiger partial charge in [-0.25, -0.2) is 0 Å². The Bertz CT molecular complexity index is 642. The minimum absolute atomic E-state index is 0.961. The normalized spacial score (nSPS) is 32.1. The molecular formula is C38H66O. The zero-order valence-electron chi connectivity index (χ0n) is 26.4. The second kappa shape index (κ2) is 18.1. The van der Waals surface area contributed by atoms with Crippen LogP contribution in [-0.4, -0.2) is 13.2 Å². The first-order valence-corrected chi connectivity index (χ1v) is 18.1. The molecule has 39 heavy (non-hydrogen) atoms. The fourth-order valence-corrected chi connectivity index (χ4v) is 8.57. The third-order valence-corrected chi connectivity index (χ3v) is 11.9. The van der Waals surface area contributed by atoms with E-state index in [1.54, 1.807) is 11.1 Å². The fraction of sp³-hybridized carbons (Fsp3) is 0.895. The van der Waals surface area contributed by atoms with Gasteiger partial charge >= 0.3 is 0 Å². The van der Waals surface area contributed by atoms with E-state index in [1.807, 2.05) is 0 Å². The largest absolute Gasteiger partial charge is 0.381 e. The van der Waals surface area contributed by atoms with Crippen LogP contribution in [-0.2, 0) is 4.74 Å². The Labute approximate surface area is 244 Å². The number of ether oxygens (including phenoxy) is 1. The Hall–Kier alpha value is -0.560. The summed E-state index contributed by atoms with van der Waals surface area (Å²) < 4.78 is 6.05. The summed E-state index contributed by atoms with van der Waals surface area (Å²) in [5.41, 5.74) is 3.46. The van der Waals surface area contributed by atoms with E-state index in [-0.39, 0.29) is 0 Å². The molecule has 4 aliphatic carbocycles. The molecule has 0 amide bonds. The highest BCUT2D eigenvalue weighted by molar-refractivity contribution is 5.07. The average molecular weight is 539 g/mol. The van der Waals surface area contributed by atoms with E-state index in [2.05, 4.69) is 26.0 Å². The van der Waals surface area contributed by atoms with E-state index in [0.717, 1.165) is 48.7 Å². The van der Waals surface area contributed by atoms with Crippen LogP contribution in [0.1, 0.15) is 168 Å². The average Bonchev–Trinajstić information content (AvgIpc) is 3.00. The first-order valence-electron chi connectivity index (χ1n) is 18.1. The Balaban J connectivity index is 0.953. The third-order valence-electron chi connectivity index (χ3n) is 11.9. The summed E-state index contributed by atoms with van der Waals surface area (Å²) in [4.78, 5) is 0. The standard InChI is InChI=1S/C38H66O/c1-3-31-9-13-35(14-10-31)25-27-37-21-17-33(18-22-37)7-5-29-39-30-6-8-34-19-23-38(24-20-34)28-26-36-15-11-32(4-2)12-16-36/h17,19,31-32,35-38H,3-16,18,20-30H2,1-2H3. The van der Waals surface area contributed by atoms with Gasteiger partial charge in [-0.2, -0.15) is 0 Å². The molecule has 0 spiro atoms. The van der Waals surface area contributed by atoms with Crippen LogP contribution in [0, 0.1) is 35.5 Å². The van der Waals surface area contributed by atoms with Crippen molar-refractivity contribution in [1.29, 1.82) is 0 Å². The third kappa shape index (κ3) is 11.7. The molecule has 0 aromatic rings. The van der Waals surface area contributed by atoms with Crippen molar-refractivity contribution in [3.63, 3.8) is 0 Å². The van der Waals surface area contributed by atoms with Gasteiger partial charge in [0.2, 0.25) is 0 Å². The van der Waals surface area contributed by atoms with Gasteiger partial charge in [0.1, 0.15) is 0 Å². The molecule has 0 heterocycles. The lowest BCUT2D eigenvalue weighted by molar-refractivity contribution is 0.129. The Morgan fingerprint density at radius 1 is 0.513 bits per heavy atom. The highest BCUT2D eigenvalue weighted by atomic mass is 16.5. The fourth-order valence-electron chi connectivity index (χ4n) is 8.57. The van der Waals surface area contributed by atoms with Gasteiger partial charge in [-0.15, -0.1) is 0 Å². The molecule has 2 saturated carbocycles. The van der Waals surface area contributed by atoms with Crippen LogP contribution in [0.3, 0.4) is 0 Å². The van der Waals surface area contributed by atoms with Gasteiger partial charge in [0.05, 0.1) is 0 Å². The van der Waals surface area contributed by atoms with Crippen molar-refractivity contribution in [3.05, 3.63) is 23.3 Å². The van der Waals surface area contributed by atoms with Crippen molar-refractivity contribution < 1.29 is 4.74 Å². The summed E-state index contributed by atoms with van der Waals surface area (Å²) in [6, 6.07) is 0. The molecule has 0 N–H and O–H groups in total. The van der Waals surface area contributed by atoms with Crippen LogP contribution >= 0.6 is 0 Å². The lowest BCUT2D eigenvalue weighted by atomic mass is 9.76. The van der Waals surface area contributed by atoms with Gasteiger partial charge < -0.3 is 4.74 Å². The summed E-state index contributed by atoms with van der Waals surface area (Å²) in [7, 11) is 0. The molecular weight excluding hydrogens is 472 g/mol. The molecule has 4 aliphatic rings. The van der Waals surface area contributed by atoms with Gasteiger partial charge in [-0.1, -0.05) is 114 Å². The molecule has 4 rings (SSSR count). The summed E-state index contributed by atoms with van der Waals surface area (Å²) in [6.07, 6.45) is 39.5. The van der Waals surface area contributed by atoms with Gasteiger partial charge in [-0.3, -0.25) is 0 Å². The van der Waals surface area contributed by atoms with Crippen LogP contribution in [0.2, 0.25) is 0 Å². The van der Waals surface area contributed by atoms with Crippen molar-refractivity contribution in [2.45, 2.75) is 168 Å². The Morgan fingerprint density at radius 3 is 1.26 bits per heavy atom. The van der Waals surface area contributed by atoms with Crippen LogP contribution in [0.5, 0.6) is 0 Å². The summed E-state index contributed by atoms with van der Waals surface area (Å²) in [5, 5.41) is 0. The van der Waals surface area contributed by atoms with Gasteiger partial charge in [0.25, 0.3) is 0 Å². The second-order valence-corrected chi connectivity index (χ2v) is 14.6. The molecule has 0 saturated heterocycles. The minimum atomic E-state index is 0.961. The zero-order chi connectivity index (χ0) is 27.1. The highest BCUT2D eigenvalue weighted by Crippen LogP contribution is 2.38. The quantitative estimate of drug-likeness (QED) is 0.140. The second-order valence-electron chi connectivity index (χ2n) is 14.6. The minimum Gasteiger partial charge on any atom is -0.381 e. The van der Waals surface area contributed by atoms with Gasteiger partial charge in [0, 0.05) is 13.2 Å².